The molecule has 9 nitrogen and oxygen atoms in total. The van der Waals surface area contributed by atoms with E-state index in [4.69, 9.17) is 17.4 Å². The number of hydrogen-bond donors (Lipinski definition) is 4. The summed E-state index contributed by atoms with van der Waals surface area (Å²) in [6.45, 7) is 2.29. The predicted molar refractivity (Wildman–Crippen MR) is 155 cm³/mol. The Balaban J connectivity index is 0.000000387. The van der Waals surface area contributed by atoms with Crippen LogP contribution in [0.2, 0.25) is 0 Å². The number of carbonyl (C=O) groups excluding carboxylic acids is 3. The zero-order valence-corrected chi connectivity index (χ0v) is 23.5. The van der Waals surface area contributed by atoms with E-state index in [0.29, 0.717) is 38.0 Å². The summed E-state index contributed by atoms with van der Waals surface area (Å²) in [4.78, 5) is 46.6. The number of fused-ring (bicyclic) bond motifs is 1. The van der Waals surface area contributed by atoms with Crippen LogP contribution >= 0.6 is 21.6 Å². The number of guanidine groups is 1. The third-order valence-corrected chi connectivity index (χ3v) is 7.52. The maximum atomic E-state index is 12.1. The minimum absolute atomic E-state index is 0.0886. The Bertz CT molecular complexity index is 992. The molecule has 1 aromatic heterocycles. The molecule has 1 unspecified atom stereocenters. The first-order chi connectivity index (χ1) is 17.8. The highest BCUT2D eigenvalue weighted by Crippen LogP contribution is 2.23. The lowest BCUT2D eigenvalue weighted by Gasteiger charge is -2.13. The maximum absolute atomic E-state index is 12.1. The van der Waals surface area contributed by atoms with Crippen LogP contribution in [0.3, 0.4) is 0 Å². The summed E-state index contributed by atoms with van der Waals surface area (Å²) < 4.78 is 0. The molecule has 0 aliphatic carbocycles. The van der Waals surface area contributed by atoms with Gasteiger partial charge in [0.15, 0.2) is 11.7 Å². The van der Waals surface area contributed by atoms with Crippen molar-refractivity contribution in [1.29, 1.82) is 0 Å². The summed E-state index contributed by atoms with van der Waals surface area (Å²) in [5.74, 6) is 6.07. The number of ketones is 3. The van der Waals surface area contributed by atoms with Crippen LogP contribution in [0.4, 0.5) is 0 Å². The van der Waals surface area contributed by atoms with Crippen LogP contribution in [0.5, 0.6) is 0 Å². The minimum Gasteiger partial charge on any atom is -0.370 e. The maximum Gasteiger partial charge on any atom is 0.185 e. The summed E-state index contributed by atoms with van der Waals surface area (Å²) in [7, 11) is 3.55. The molecule has 1 atom stereocenters. The van der Waals surface area contributed by atoms with Crippen LogP contribution in [0.25, 0.3) is 10.9 Å². The molecule has 2 rings (SSSR count). The van der Waals surface area contributed by atoms with Crippen LogP contribution < -0.4 is 17.4 Å². The molecule has 0 aliphatic heterocycles. The van der Waals surface area contributed by atoms with Crippen molar-refractivity contribution in [2.75, 3.05) is 25.2 Å². The molecule has 0 saturated heterocycles. The third kappa shape index (κ3) is 14.2. The molecule has 1 heterocycles. The van der Waals surface area contributed by atoms with Gasteiger partial charge in [0.25, 0.3) is 0 Å². The molecule has 7 N–H and O–H groups in total. The summed E-state index contributed by atoms with van der Waals surface area (Å²) in [5.41, 5.74) is 12.5. The number of hydrogen-bond acceptors (Lipinski definition) is 8. The number of nitrogens with two attached hydrogens (primary N) is 3. The first-order valence-corrected chi connectivity index (χ1v) is 15.2. The first kappa shape index (κ1) is 32.7. The average Bonchev–Trinajstić information content (AvgIpc) is 3.28. The van der Waals surface area contributed by atoms with Crippen molar-refractivity contribution in [2.45, 2.75) is 58.3 Å². The zero-order valence-electron chi connectivity index (χ0n) is 21.9. The summed E-state index contributed by atoms with van der Waals surface area (Å²) in [5, 5.41) is 1.09. The third-order valence-electron chi connectivity index (χ3n) is 5.62. The van der Waals surface area contributed by atoms with Gasteiger partial charge in [-0.15, -0.1) is 0 Å². The van der Waals surface area contributed by atoms with Crippen molar-refractivity contribution in [3.63, 3.8) is 0 Å². The lowest BCUT2D eigenvalue weighted by atomic mass is 9.89. The van der Waals surface area contributed by atoms with Gasteiger partial charge in [0, 0.05) is 61.0 Å². The molecule has 0 fully saturated rings. The molecule has 0 amide bonds. The van der Waals surface area contributed by atoms with Gasteiger partial charge in [0.05, 0.1) is 0 Å². The summed E-state index contributed by atoms with van der Waals surface area (Å²) >= 11 is 0. The minimum atomic E-state index is -0.322. The van der Waals surface area contributed by atoms with Crippen molar-refractivity contribution in [3.05, 3.63) is 36.0 Å². The van der Waals surface area contributed by atoms with Crippen LogP contribution in [0.1, 0.15) is 57.4 Å². The second kappa shape index (κ2) is 19.7. The Kier molecular flexibility index (Phi) is 17.4. The fourth-order valence-corrected chi connectivity index (χ4v) is 5.04. The Morgan fingerprint density at radius 1 is 1.08 bits per heavy atom. The number of carbonyl (C=O) groups is 3. The van der Waals surface area contributed by atoms with Crippen molar-refractivity contribution in [3.8, 4) is 0 Å². The Morgan fingerprint density at radius 3 is 2.49 bits per heavy atom. The number of aromatic amines is 1. The summed E-state index contributed by atoms with van der Waals surface area (Å²) in [6.07, 6.45) is 9.20. The number of unbranched alkanes of at least 4 members (excludes halogenated alkanes) is 1. The van der Waals surface area contributed by atoms with Crippen molar-refractivity contribution in [1.82, 2.24) is 4.98 Å². The summed E-state index contributed by atoms with van der Waals surface area (Å²) in [6, 6.07) is 7.92. The number of para-hydroxylation sites is 1. The van der Waals surface area contributed by atoms with E-state index in [1.54, 1.807) is 21.6 Å². The topological polar surface area (TPSA) is 167 Å². The second-order valence-electron chi connectivity index (χ2n) is 8.53. The lowest BCUT2D eigenvalue weighted by Crippen LogP contribution is -2.23. The lowest BCUT2D eigenvalue weighted by molar-refractivity contribution is -0.130. The van der Waals surface area contributed by atoms with Gasteiger partial charge >= 0.3 is 0 Å². The van der Waals surface area contributed by atoms with E-state index in [0.717, 1.165) is 41.5 Å². The van der Waals surface area contributed by atoms with E-state index in [9.17, 15) is 14.4 Å². The number of H-pyrrole nitrogens is 1. The van der Waals surface area contributed by atoms with E-state index in [1.807, 2.05) is 37.4 Å². The SMILES string of the molecule is CCC(=O)C(CC(=O)CON)Cc1c[nH]c2ccccc12.CSSCCCC(=O)CCCCN=C(N)N. The van der Waals surface area contributed by atoms with Gasteiger partial charge in [-0.1, -0.05) is 46.7 Å². The monoisotopic (exact) mass is 551 g/mol. The molecule has 0 saturated carbocycles. The molecule has 0 aliphatic rings. The largest absolute Gasteiger partial charge is 0.370 e. The van der Waals surface area contributed by atoms with E-state index in [2.05, 4.69) is 21.1 Å². The number of benzene rings is 1. The van der Waals surface area contributed by atoms with Gasteiger partial charge in [-0.3, -0.25) is 24.2 Å². The smallest absolute Gasteiger partial charge is 0.185 e. The molecular formula is C26H41N5O4S2. The van der Waals surface area contributed by atoms with Crippen LogP contribution in [-0.4, -0.2) is 53.5 Å². The molecular weight excluding hydrogens is 510 g/mol. The molecule has 0 bridgehead atoms. The Hall–Kier alpha value is -2.34. The molecule has 1 aromatic carbocycles. The fraction of sp³-hybridized carbons (Fsp3) is 0.538. The molecule has 37 heavy (non-hydrogen) atoms. The highest BCUT2D eigenvalue weighted by Gasteiger charge is 2.22. The predicted octanol–water partition coefficient (Wildman–Crippen LogP) is 3.95. The number of rotatable bonds is 18. The van der Waals surface area contributed by atoms with Gasteiger partial charge in [0.1, 0.15) is 18.2 Å². The van der Waals surface area contributed by atoms with Gasteiger partial charge < -0.3 is 16.5 Å². The number of aromatic nitrogens is 1. The van der Waals surface area contributed by atoms with Crippen LogP contribution in [0.15, 0.2) is 35.5 Å². The van der Waals surface area contributed by atoms with Gasteiger partial charge in [-0.2, -0.15) is 0 Å². The number of nitrogens with one attached hydrogen (secondary N) is 1. The standard InChI is InChI=1S/C16H20N2O3.C10H21N3OS2/c1-2-16(20)11(8-13(19)10-21-17)7-12-9-18-15-6-4-3-5-14(12)15;1-15-16-8-4-6-9(14)5-2-3-7-13-10(11)12/h3-6,9,11,18H,2,7-8,10,17H2,1H3;2-8H2,1H3,(H4,11,12,13). The molecule has 206 valence electrons. The molecule has 0 radical (unpaired) electrons. The fourth-order valence-electron chi connectivity index (χ4n) is 3.76. The number of nitrogens with zero attached hydrogens (tertiary/aromatic N) is 1. The Labute approximate surface area is 227 Å². The quantitative estimate of drug-likeness (QED) is 0.0705. The van der Waals surface area contributed by atoms with Gasteiger partial charge in [0.2, 0.25) is 0 Å². The van der Waals surface area contributed by atoms with E-state index in [1.165, 1.54) is 0 Å². The number of aliphatic imine (C=N–C) groups is 1. The highest BCUT2D eigenvalue weighted by atomic mass is 33.1. The van der Waals surface area contributed by atoms with E-state index in [-0.39, 0.29) is 36.5 Å². The number of Topliss-reactive ketones (excluding diaryl/α,β-unsaturated/α-hetero) is 3. The molecule has 2 aromatic rings. The van der Waals surface area contributed by atoms with Crippen LogP contribution in [0, 0.1) is 5.92 Å². The first-order valence-electron chi connectivity index (χ1n) is 12.5. The molecule has 0 spiro atoms. The highest BCUT2D eigenvalue weighted by molar-refractivity contribution is 8.76. The molecule has 11 heteroatoms. The van der Waals surface area contributed by atoms with Crippen LogP contribution in [-0.2, 0) is 25.6 Å². The van der Waals surface area contributed by atoms with Crippen molar-refractivity contribution >= 4 is 55.8 Å². The van der Waals surface area contributed by atoms with Crippen molar-refractivity contribution < 1.29 is 19.2 Å². The van der Waals surface area contributed by atoms with Crippen molar-refractivity contribution in [2.24, 2.45) is 28.3 Å². The van der Waals surface area contributed by atoms with Gasteiger partial charge in [-0.25, -0.2) is 5.90 Å². The normalized spacial score (nSPS) is 11.4. The average molecular weight is 552 g/mol. The Morgan fingerprint density at radius 2 is 1.81 bits per heavy atom. The van der Waals surface area contributed by atoms with E-state index >= 15 is 0 Å². The van der Waals surface area contributed by atoms with Gasteiger partial charge in [-0.05, 0) is 43.6 Å². The van der Waals surface area contributed by atoms with E-state index < -0.39 is 0 Å². The zero-order chi connectivity index (χ0) is 27.5. The second-order valence-corrected chi connectivity index (χ2v) is 11.2.